The minimum Gasteiger partial charge on any atom is -0.497 e. The zero-order chi connectivity index (χ0) is 20.9. The first-order valence-electron chi connectivity index (χ1n) is 11.0. The summed E-state index contributed by atoms with van der Waals surface area (Å²) >= 11 is 0. The van der Waals surface area contributed by atoms with Crippen molar-refractivity contribution in [3.05, 3.63) is 58.7 Å². The molecule has 0 radical (unpaired) electrons. The average molecular weight is 443 g/mol. The second-order valence-electron chi connectivity index (χ2n) is 8.17. The minimum atomic E-state index is 0. The van der Waals surface area contributed by atoms with Crippen LogP contribution in [-0.4, -0.2) is 38.4 Å². The van der Waals surface area contributed by atoms with E-state index in [4.69, 9.17) is 4.74 Å². The fourth-order valence-electron chi connectivity index (χ4n) is 4.48. The minimum absolute atomic E-state index is 0. The SMILES string of the molecule is COc1cccc(CCNCCCCC(=O)c2cc3c4c(c2)CCN4C(=O)CC3)c1.Cl. The van der Waals surface area contributed by atoms with Crippen molar-refractivity contribution in [2.75, 3.05) is 31.6 Å². The Bertz CT molecular complexity index is 944. The molecule has 0 aliphatic carbocycles. The van der Waals surface area contributed by atoms with E-state index in [0.717, 1.165) is 68.7 Å². The van der Waals surface area contributed by atoms with E-state index in [1.54, 1.807) is 7.11 Å². The summed E-state index contributed by atoms with van der Waals surface area (Å²) in [6.45, 7) is 2.61. The molecule has 166 valence electrons. The number of nitrogens with zero attached hydrogens (tertiary/aromatic N) is 1. The quantitative estimate of drug-likeness (QED) is 0.444. The molecule has 5 nitrogen and oxygen atoms in total. The Morgan fingerprint density at radius 2 is 1.87 bits per heavy atom. The van der Waals surface area contributed by atoms with E-state index < -0.39 is 0 Å². The summed E-state index contributed by atoms with van der Waals surface area (Å²) in [6, 6.07) is 12.2. The number of hydrogen-bond donors (Lipinski definition) is 1. The van der Waals surface area contributed by atoms with E-state index in [9.17, 15) is 9.59 Å². The number of methoxy groups -OCH3 is 1. The van der Waals surface area contributed by atoms with Crippen LogP contribution in [0, 0.1) is 0 Å². The highest BCUT2D eigenvalue weighted by Crippen LogP contribution is 2.37. The lowest BCUT2D eigenvalue weighted by molar-refractivity contribution is -0.118. The van der Waals surface area contributed by atoms with E-state index in [1.165, 1.54) is 16.7 Å². The maximum atomic E-state index is 12.7. The summed E-state index contributed by atoms with van der Waals surface area (Å²) in [7, 11) is 1.69. The molecule has 31 heavy (non-hydrogen) atoms. The van der Waals surface area contributed by atoms with Gasteiger partial charge in [0.15, 0.2) is 5.78 Å². The molecule has 2 aliphatic heterocycles. The number of amides is 1. The topological polar surface area (TPSA) is 58.6 Å². The number of nitrogens with one attached hydrogen (secondary N) is 1. The number of carbonyl (C=O) groups is 2. The van der Waals surface area contributed by atoms with Crippen molar-refractivity contribution in [3.63, 3.8) is 0 Å². The summed E-state index contributed by atoms with van der Waals surface area (Å²) < 4.78 is 5.26. The van der Waals surface area contributed by atoms with Gasteiger partial charge in [-0.3, -0.25) is 9.59 Å². The Balaban J connectivity index is 0.00000272. The Morgan fingerprint density at radius 3 is 2.68 bits per heavy atom. The van der Waals surface area contributed by atoms with Gasteiger partial charge in [-0.1, -0.05) is 12.1 Å². The van der Waals surface area contributed by atoms with Crippen LogP contribution in [0.5, 0.6) is 5.75 Å². The van der Waals surface area contributed by atoms with Gasteiger partial charge >= 0.3 is 0 Å². The molecule has 0 saturated heterocycles. The predicted molar refractivity (Wildman–Crippen MR) is 126 cm³/mol. The summed E-state index contributed by atoms with van der Waals surface area (Å²) in [4.78, 5) is 26.6. The van der Waals surface area contributed by atoms with Crippen LogP contribution in [0.1, 0.15) is 52.7 Å². The summed E-state index contributed by atoms with van der Waals surface area (Å²) in [5, 5.41) is 3.46. The first-order chi connectivity index (χ1) is 14.7. The van der Waals surface area contributed by atoms with Gasteiger partial charge in [-0.2, -0.15) is 0 Å². The zero-order valence-electron chi connectivity index (χ0n) is 18.1. The van der Waals surface area contributed by atoms with Crippen molar-refractivity contribution in [3.8, 4) is 5.75 Å². The Labute approximate surface area is 190 Å². The standard InChI is InChI=1S/C25H30N2O3.ClH/c1-30-22-6-4-5-18(15-22)10-13-26-12-3-2-7-23(28)21-16-19-8-9-24(29)27-14-11-20(17-21)25(19)27;/h4-6,15-17,26H,2-3,7-14H2,1H3;1H. The monoisotopic (exact) mass is 442 g/mol. The number of ether oxygens (including phenoxy) is 1. The number of ketones is 1. The highest BCUT2D eigenvalue weighted by Gasteiger charge is 2.31. The van der Waals surface area contributed by atoms with Crippen LogP contribution in [0.4, 0.5) is 5.69 Å². The molecule has 6 heteroatoms. The first kappa shape index (κ1) is 23.3. The smallest absolute Gasteiger partial charge is 0.227 e. The molecular weight excluding hydrogens is 412 g/mol. The number of benzene rings is 2. The van der Waals surface area contributed by atoms with Crippen LogP contribution < -0.4 is 15.0 Å². The first-order valence-corrected chi connectivity index (χ1v) is 11.0. The lowest BCUT2D eigenvalue weighted by Gasteiger charge is -2.25. The van der Waals surface area contributed by atoms with E-state index >= 15 is 0 Å². The fourth-order valence-corrected chi connectivity index (χ4v) is 4.48. The van der Waals surface area contributed by atoms with Gasteiger partial charge in [0.05, 0.1) is 12.8 Å². The molecule has 0 unspecified atom stereocenters. The van der Waals surface area contributed by atoms with Crippen molar-refractivity contribution in [1.82, 2.24) is 5.32 Å². The van der Waals surface area contributed by atoms with Crippen LogP contribution in [0.2, 0.25) is 0 Å². The van der Waals surface area contributed by atoms with E-state index in [1.807, 2.05) is 29.2 Å². The molecule has 2 aromatic rings. The van der Waals surface area contributed by atoms with Crippen molar-refractivity contribution in [2.24, 2.45) is 0 Å². The highest BCUT2D eigenvalue weighted by atomic mass is 35.5. The van der Waals surface area contributed by atoms with Gasteiger partial charge in [0.2, 0.25) is 5.91 Å². The second-order valence-corrected chi connectivity index (χ2v) is 8.17. The van der Waals surface area contributed by atoms with Gasteiger partial charge in [0, 0.05) is 24.9 Å². The van der Waals surface area contributed by atoms with Gasteiger partial charge in [-0.05, 0) is 86.1 Å². The van der Waals surface area contributed by atoms with Crippen LogP contribution in [-0.2, 0) is 24.1 Å². The van der Waals surface area contributed by atoms with E-state index in [-0.39, 0.29) is 24.1 Å². The van der Waals surface area contributed by atoms with E-state index in [2.05, 4.69) is 17.4 Å². The number of anilines is 1. The second kappa shape index (κ2) is 10.8. The van der Waals surface area contributed by atoms with Crippen LogP contribution in [0.25, 0.3) is 0 Å². The maximum absolute atomic E-state index is 12.7. The van der Waals surface area contributed by atoms with Crippen LogP contribution >= 0.6 is 12.4 Å². The normalized spacial score (nSPS) is 14.2. The zero-order valence-corrected chi connectivity index (χ0v) is 18.9. The number of carbonyl (C=O) groups excluding carboxylic acids is 2. The molecule has 2 aromatic carbocycles. The van der Waals surface area contributed by atoms with Gasteiger partial charge in [0.1, 0.15) is 5.75 Å². The number of aryl methyl sites for hydroxylation is 1. The third-order valence-electron chi connectivity index (χ3n) is 6.11. The Kier molecular flexibility index (Phi) is 8.10. The molecule has 0 bridgehead atoms. The largest absolute Gasteiger partial charge is 0.497 e. The molecule has 2 aliphatic rings. The van der Waals surface area contributed by atoms with Gasteiger partial charge < -0.3 is 15.0 Å². The van der Waals surface area contributed by atoms with Crippen LogP contribution in [0.3, 0.4) is 0 Å². The average Bonchev–Trinajstić information content (AvgIpc) is 3.21. The van der Waals surface area contributed by atoms with Crippen LogP contribution in [0.15, 0.2) is 36.4 Å². The number of hydrogen-bond acceptors (Lipinski definition) is 4. The summed E-state index contributed by atoms with van der Waals surface area (Å²) in [6.07, 6.45) is 5.62. The third kappa shape index (κ3) is 5.46. The van der Waals surface area contributed by atoms with Gasteiger partial charge in [-0.15, -0.1) is 12.4 Å². The Morgan fingerprint density at radius 1 is 1.06 bits per heavy atom. The molecule has 0 fully saturated rings. The number of Topliss-reactive ketones (excluding diaryl/α,β-unsaturated/α-hetero) is 1. The van der Waals surface area contributed by atoms with Crippen molar-refractivity contribution >= 4 is 29.8 Å². The fraction of sp³-hybridized carbons (Fsp3) is 0.440. The maximum Gasteiger partial charge on any atom is 0.227 e. The molecule has 0 atom stereocenters. The number of unbranched alkanes of at least 4 members (excludes halogenated alkanes) is 1. The summed E-state index contributed by atoms with van der Waals surface area (Å²) in [5.41, 5.74) is 5.52. The van der Waals surface area contributed by atoms with Crippen molar-refractivity contribution < 1.29 is 14.3 Å². The third-order valence-corrected chi connectivity index (χ3v) is 6.11. The molecule has 4 rings (SSSR count). The lowest BCUT2D eigenvalue weighted by atomic mass is 9.94. The molecule has 1 N–H and O–H groups in total. The molecule has 1 amide bonds. The number of halogens is 1. The van der Waals surface area contributed by atoms with Crippen molar-refractivity contribution in [2.45, 2.75) is 44.9 Å². The molecule has 0 spiro atoms. The summed E-state index contributed by atoms with van der Waals surface area (Å²) in [5.74, 6) is 1.34. The van der Waals surface area contributed by atoms with E-state index in [0.29, 0.717) is 12.8 Å². The van der Waals surface area contributed by atoms with Gasteiger partial charge in [0.25, 0.3) is 0 Å². The Hall–Kier alpha value is -2.37. The lowest BCUT2D eigenvalue weighted by Crippen LogP contribution is -2.32. The number of rotatable bonds is 10. The van der Waals surface area contributed by atoms with Crippen molar-refractivity contribution in [1.29, 1.82) is 0 Å². The molecule has 2 heterocycles. The highest BCUT2D eigenvalue weighted by molar-refractivity contribution is 6.02. The molecule has 0 saturated carbocycles. The van der Waals surface area contributed by atoms with Gasteiger partial charge in [-0.25, -0.2) is 0 Å². The molecular formula is C25H31ClN2O3. The predicted octanol–water partition coefficient (Wildman–Crippen LogP) is 4.14. The molecule has 0 aromatic heterocycles.